The van der Waals surface area contributed by atoms with E-state index in [0.29, 0.717) is 0 Å². The number of pyridine rings is 1. The molecule has 3 amide bonds. The van der Waals surface area contributed by atoms with Gasteiger partial charge in [-0.25, -0.2) is 22.9 Å². The molecule has 2 aromatic heterocycles. The van der Waals surface area contributed by atoms with E-state index in [1.54, 1.807) is 0 Å². The lowest BCUT2D eigenvalue weighted by molar-refractivity contribution is -0.118. The van der Waals surface area contributed by atoms with Gasteiger partial charge in [-0.05, 0) is 37.1 Å². The lowest BCUT2D eigenvalue weighted by Gasteiger charge is -2.17. The number of methoxy groups -OCH3 is 1. The molecule has 0 saturated carbocycles. The summed E-state index contributed by atoms with van der Waals surface area (Å²) in [4.78, 5) is 55.5. The molecule has 1 aromatic carbocycles. The number of hydrogen-bond acceptors (Lipinski definition) is 7. The number of imidazole rings is 1. The van der Waals surface area contributed by atoms with E-state index in [0.717, 1.165) is 25.3 Å². The van der Waals surface area contributed by atoms with Crippen molar-refractivity contribution >= 4 is 34.6 Å². The third-order valence-corrected chi connectivity index (χ3v) is 5.23. The second-order valence-corrected chi connectivity index (χ2v) is 8.10. The highest BCUT2D eigenvalue weighted by atomic mass is 19.3. The number of fused-ring (bicyclic) bond motifs is 1. The summed E-state index contributed by atoms with van der Waals surface area (Å²) in [6.45, 7) is -1.09. The first-order valence-corrected chi connectivity index (χ1v) is 11.5. The van der Waals surface area contributed by atoms with E-state index in [2.05, 4.69) is 25.3 Å². The summed E-state index contributed by atoms with van der Waals surface area (Å²) in [6.07, 6.45) is 0.587. The average Bonchev–Trinajstić information content (AvgIpc) is 3.28. The Bertz CT molecular complexity index is 1440. The summed E-state index contributed by atoms with van der Waals surface area (Å²) in [5.74, 6) is -2.12. The molecule has 208 valence electrons. The predicted molar refractivity (Wildman–Crippen MR) is 133 cm³/mol. The summed E-state index contributed by atoms with van der Waals surface area (Å²) in [7, 11) is 1.12. The number of carbonyl (C=O) groups is 3. The van der Waals surface area contributed by atoms with Crippen LogP contribution in [0.1, 0.15) is 18.7 Å². The van der Waals surface area contributed by atoms with Gasteiger partial charge >= 0.3 is 6.09 Å². The van der Waals surface area contributed by atoms with Crippen LogP contribution in [0, 0.1) is 5.82 Å². The van der Waals surface area contributed by atoms with Gasteiger partial charge in [0.05, 0.1) is 19.2 Å². The van der Waals surface area contributed by atoms with Crippen molar-refractivity contribution < 1.29 is 37.0 Å². The van der Waals surface area contributed by atoms with Crippen LogP contribution >= 0.6 is 0 Å². The molecule has 0 aliphatic heterocycles. The van der Waals surface area contributed by atoms with Crippen LogP contribution in [-0.2, 0) is 20.9 Å². The van der Waals surface area contributed by atoms with Gasteiger partial charge in [-0.15, -0.1) is 0 Å². The van der Waals surface area contributed by atoms with Crippen molar-refractivity contribution in [3.8, 4) is 5.75 Å². The molecule has 0 bridgehead atoms. The first-order chi connectivity index (χ1) is 18.6. The molecular formula is C24H25F3N6O6. The molecule has 0 spiro atoms. The standard InChI is InChI=1S/C24H25F3N6O6/c1-38-24(37)31-14(5-2-3-7-19(28)34)22(35)30-15-6-4-8-33(23(15)36)11-20-29-16-9-13(25)10-17(21(16)32-20)39-12-18(26)27/h3-4,6-10,14,18H,2,5,11-12H2,1H3,(H2,28,34)(H,29,32)(H,30,35)(H,31,37)/b7-3+/t14-/m0/s1. The van der Waals surface area contributed by atoms with E-state index in [1.165, 1.54) is 29.0 Å². The van der Waals surface area contributed by atoms with Crippen LogP contribution in [0.2, 0.25) is 0 Å². The smallest absolute Gasteiger partial charge is 0.407 e. The third-order valence-electron chi connectivity index (χ3n) is 5.23. The number of amides is 3. The Labute approximate surface area is 219 Å². The number of hydrogen-bond donors (Lipinski definition) is 4. The highest BCUT2D eigenvalue weighted by Gasteiger charge is 2.22. The number of H-pyrrole nitrogens is 1. The maximum atomic E-state index is 13.9. The molecule has 0 saturated heterocycles. The monoisotopic (exact) mass is 550 g/mol. The third kappa shape index (κ3) is 8.08. The molecule has 1 atom stereocenters. The lowest BCUT2D eigenvalue weighted by Crippen LogP contribution is -2.44. The number of carbonyl (C=O) groups excluding carboxylic acids is 3. The first kappa shape index (κ1) is 28.7. The van der Waals surface area contributed by atoms with Crippen LogP contribution in [0.15, 0.2) is 47.4 Å². The fourth-order valence-corrected chi connectivity index (χ4v) is 3.51. The molecule has 0 unspecified atom stereocenters. The highest BCUT2D eigenvalue weighted by molar-refractivity contribution is 5.96. The van der Waals surface area contributed by atoms with Gasteiger partial charge in [-0.2, -0.15) is 0 Å². The molecule has 39 heavy (non-hydrogen) atoms. The minimum absolute atomic E-state index is 0.0667. The molecule has 0 aliphatic carbocycles. The second kappa shape index (κ2) is 13.1. The molecule has 3 rings (SSSR count). The summed E-state index contributed by atoms with van der Waals surface area (Å²) >= 11 is 0. The van der Waals surface area contributed by atoms with Gasteiger partial charge in [-0.1, -0.05) is 6.08 Å². The zero-order valence-corrected chi connectivity index (χ0v) is 20.6. The van der Waals surface area contributed by atoms with Crippen LogP contribution in [0.5, 0.6) is 5.75 Å². The van der Waals surface area contributed by atoms with Gasteiger partial charge in [0, 0.05) is 12.3 Å². The maximum Gasteiger partial charge on any atom is 0.407 e. The number of rotatable bonds is 12. The Hall–Kier alpha value is -4.82. The summed E-state index contributed by atoms with van der Waals surface area (Å²) in [5, 5.41) is 4.81. The fourth-order valence-electron chi connectivity index (χ4n) is 3.51. The lowest BCUT2D eigenvalue weighted by atomic mass is 10.1. The Kier molecular flexibility index (Phi) is 9.67. The number of ether oxygens (including phenoxy) is 2. The first-order valence-electron chi connectivity index (χ1n) is 11.5. The van der Waals surface area contributed by atoms with Gasteiger partial charge in [0.25, 0.3) is 12.0 Å². The van der Waals surface area contributed by atoms with E-state index >= 15 is 0 Å². The van der Waals surface area contributed by atoms with E-state index in [4.69, 9.17) is 10.5 Å². The molecule has 0 fully saturated rings. The van der Waals surface area contributed by atoms with Gasteiger partial charge < -0.3 is 35.4 Å². The number of anilines is 1. The number of aromatic nitrogens is 3. The average molecular weight is 550 g/mol. The van der Waals surface area contributed by atoms with Gasteiger partial charge in [0.2, 0.25) is 11.8 Å². The van der Waals surface area contributed by atoms with Crippen molar-refractivity contribution in [3.63, 3.8) is 0 Å². The van der Waals surface area contributed by atoms with E-state index in [1.807, 2.05) is 0 Å². The number of nitrogens with two attached hydrogens (primary N) is 1. The molecular weight excluding hydrogens is 525 g/mol. The van der Waals surface area contributed by atoms with Crippen molar-refractivity contribution in [2.45, 2.75) is 31.9 Å². The van der Waals surface area contributed by atoms with Crippen LogP contribution in [0.4, 0.5) is 23.7 Å². The summed E-state index contributed by atoms with van der Waals surface area (Å²) < 4.78 is 49.7. The summed E-state index contributed by atoms with van der Waals surface area (Å²) in [5.41, 5.74) is 4.57. The van der Waals surface area contributed by atoms with Crippen LogP contribution < -0.4 is 26.7 Å². The number of nitrogens with one attached hydrogen (secondary N) is 3. The summed E-state index contributed by atoms with van der Waals surface area (Å²) in [6, 6.07) is 3.76. The normalized spacial score (nSPS) is 12.0. The number of allylic oxidation sites excluding steroid dienone is 1. The van der Waals surface area contributed by atoms with Crippen molar-refractivity contribution in [2.75, 3.05) is 19.0 Å². The quantitative estimate of drug-likeness (QED) is 0.250. The largest absolute Gasteiger partial charge is 0.485 e. The van der Waals surface area contributed by atoms with E-state index in [9.17, 15) is 32.3 Å². The van der Waals surface area contributed by atoms with E-state index < -0.39 is 48.4 Å². The van der Waals surface area contributed by atoms with Crippen LogP contribution in [-0.4, -0.2) is 58.6 Å². The number of aromatic amines is 1. The Morgan fingerprint density at radius 3 is 2.74 bits per heavy atom. The zero-order valence-electron chi connectivity index (χ0n) is 20.6. The van der Waals surface area contributed by atoms with Gasteiger partial charge in [-0.3, -0.25) is 14.4 Å². The number of primary amides is 1. The van der Waals surface area contributed by atoms with Crippen molar-refractivity contribution in [1.29, 1.82) is 0 Å². The minimum Gasteiger partial charge on any atom is -0.485 e. The Morgan fingerprint density at radius 1 is 1.28 bits per heavy atom. The van der Waals surface area contributed by atoms with E-state index in [-0.39, 0.29) is 47.7 Å². The van der Waals surface area contributed by atoms with Gasteiger partial charge in [0.15, 0.2) is 0 Å². The molecule has 2 heterocycles. The van der Waals surface area contributed by atoms with Crippen molar-refractivity contribution in [1.82, 2.24) is 19.9 Å². The molecule has 3 aromatic rings. The molecule has 15 heteroatoms. The second-order valence-electron chi connectivity index (χ2n) is 8.10. The number of alkyl carbamates (subject to hydrolysis) is 1. The molecule has 0 radical (unpaired) electrons. The Balaban J connectivity index is 1.79. The van der Waals surface area contributed by atoms with Crippen LogP contribution in [0.25, 0.3) is 11.0 Å². The molecule has 5 N–H and O–H groups in total. The number of halogens is 3. The predicted octanol–water partition coefficient (Wildman–Crippen LogP) is 2.04. The van der Waals surface area contributed by atoms with Crippen molar-refractivity contribution in [2.24, 2.45) is 5.73 Å². The number of benzene rings is 1. The molecule has 0 aliphatic rings. The Morgan fingerprint density at radius 2 is 2.05 bits per heavy atom. The maximum absolute atomic E-state index is 13.9. The molecule has 12 nitrogen and oxygen atoms in total. The minimum atomic E-state index is -2.77. The SMILES string of the molecule is COC(=O)N[C@@H](CC/C=C/C(N)=O)C(=O)Nc1cccn(Cc2nc3c(OCC(F)F)cc(F)cc3[nH]2)c1=O. The van der Waals surface area contributed by atoms with Crippen LogP contribution in [0.3, 0.4) is 0 Å². The number of nitrogens with zero attached hydrogens (tertiary/aromatic N) is 2. The number of alkyl halides is 2. The highest BCUT2D eigenvalue weighted by Crippen LogP contribution is 2.26. The van der Waals surface area contributed by atoms with Gasteiger partial charge in [0.1, 0.15) is 41.2 Å². The zero-order chi connectivity index (χ0) is 28.5. The van der Waals surface area contributed by atoms with Crippen molar-refractivity contribution in [3.05, 3.63) is 64.6 Å². The topological polar surface area (TPSA) is 170 Å². The fraction of sp³-hybridized carbons (Fsp3) is 0.292.